The van der Waals surface area contributed by atoms with E-state index in [0.29, 0.717) is 34.8 Å². The first-order chi connectivity index (χ1) is 12.5. The molecule has 0 atom stereocenters. The van der Waals surface area contributed by atoms with Crippen molar-refractivity contribution in [3.8, 4) is 5.75 Å². The predicted molar refractivity (Wildman–Crippen MR) is 96.1 cm³/mol. The molecule has 1 saturated carbocycles. The van der Waals surface area contributed by atoms with E-state index >= 15 is 0 Å². The van der Waals surface area contributed by atoms with Crippen molar-refractivity contribution in [3.05, 3.63) is 41.1 Å². The topological polar surface area (TPSA) is 84.7 Å². The molecule has 1 aliphatic rings. The first-order valence-electron chi connectivity index (χ1n) is 8.39. The van der Waals surface area contributed by atoms with E-state index in [0.717, 1.165) is 12.8 Å². The number of rotatable bonds is 8. The lowest BCUT2D eigenvalue weighted by Crippen LogP contribution is -2.41. The number of ether oxygens (including phenoxy) is 1. The molecule has 0 radical (unpaired) electrons. The Labute approximate surface area is 156 Å². The van der Waals surface area contributed by atoms with E-state index in [-0.39, 0.29) is 25.0 Å². The number of amides is 2. The maximum absolute atomic E-state index is 12.5. The monoisotopic (exact) mass is 377 g/mol. The largest absolute Gasteiger partial charge is 0.484 e. The molecule has 2 aromatic rings. The number of hydrogen-bond donors (Lipinski definition) is 1. The zero-order valence-corrected chi connectivity index (χ0v) is 15.2. The van der Waals surface area contributed by atoms with Crippen LogP contribution in [0, 0.1) is 12.8 Å². The van der Waals surface area contributed by atoms with Gasteiger partial charge < -0.3 is 19.5 Å². The van der Waals surface area contributed by atoms with Crippen LogP contribution in [0.25, 0.3) is 0 Å². The molecule has 1 N–H and O–H groups in total. The highest BCUT2D eigenvalue weighted by Gasteiger charge is 2.28. The molecule has 1 aromatic heterocycles. The number of halogens is 1. The van der Waals surface area contributed by atoms with Crippen LogP contribution in [0.4, 0.5) is 5.82 Å². The lowest BCUT2D eigenvalue weighted by atomic mass is 10.3. The molecule has 1 aliphatic carbocycles. The molecule has 0 unspecified atom stereocenters. The molecular formula is C18H20ClN3O4. The van der Waals surface area contributed by atoms with Crippen LogP contribution in [0.2, 0.25) is 5.02 Å². The van der Waals surface area contributed by atoms with Gasteiger partial charge in [-0.05, 0) is 49.9 Å². The van der Waals surface area contributed by atoms with Crippen LogP contribution in [-0.4, -0.2) is 41.6 Å². The Kier molecular flexibility index (Phi) is 5.78. The molecular weight excluding hydrogens is 358 g/mol. The summed E-state index contributed by atoms with van der Waals surface area (Å²) in [6.45, 7) is 2.10. The first-order valence-corrected chi connectivity index (χ1v) is 8.76. The molecule has 1 heterocycles. The summed E-state index contributed by atoms with van der Waals surface area (Å²) < 4.78 is 10.4. The van der Waals surface area contributed by atoms with E-state index in [9.17, 15) is 9.59 Å². The van der Waals surface area contributed by atoms with Gasteiger partial charge in [0.1, 0.15) is 18.1 Å². The lowest BCUT2D eigenvalue weighted by molar-refractivity contribution is -0.136. The Morgan fingerprint density at radius 3 is 2.69 bits per heavy atom. The van der Waals surface area contributed by atoms with E-state index in [1.807, 2.05) is 0 Å². The number of benzene rings is 1. The van der Waals surface area contributed by atoms with Crippen molar-refractivity contribution in [1.82, 2.24) is 10.1 Å². The Morgan fingerprint density at radius 2 is 2.08 bits per heavy atom. The minimum absolute atomic E-state index is 0.0504. The quantitative estimate of drug-likeness (QED) is 0.764. The Balaban J connectivity index is 1.54. The van der Waals surface area contributed by atoms with Gasteiger partial charge in [0.25, 0.3) is 5.91 Å². The average Bonchev–Trinajstić information content (AvgIpc) is 3.34. The summed E-state index contributed by atoms with van der Waals surface area (Å²) in [4.78, 5) is 26.2. The standard InChI is InChI=1S/C18H20ClN3O4/c1-12-8-16(21-26-12)20-17(23)10-22(9-13-2-3-13)18(24)11-25-15-6-4-14(19)5-7-15/h4-8,13H,2-3,9-11H2,1H3,(H,20,21,23). The number of aryl methyl sites for hydroxylation is 1. The van der Waals surface area contributed by atoms with Gasteiger partial charge in [-0.2, -0.15) is 0 Å². The number of carbonyl (C=O) groups is 2. The summed E-state index contributed by atoms with van der Waals surface area (Å²) in [6, 6.07) is 8.39. The Hall–Kier alpha value is -2.54. The Morgan fingerprint density at radius 1 is 1.35 bits per heavy atom. The van der Waals surface area contributed by atoms with Crippen molar-refractivity contribution in [1.29, 1.82) is 0 Å². The molecule has 3 rings (SSSR count). The van der Waals surface area contributed by atoms with E-state index in [1.54, 1.807) is 37.3 Å². The second-order valence-corrected chi connectivity index (χ2v) is 6.77. The molecule has 138 valence electrons. The highest BCUT2D eigenvalue weighted by atomic mass is 35.5. The summed E-state index contributed by atoms with van der Waals surface area (Å²) in [5.74, 6) is 1.39. The second-order valence-electron chi connectivity index (χ2n) is 6.33. The SMILES string of the molecule is Cc1cc(NC(=O)CN(CC2CC2)C(=O)COc2ccc(Cl)cc2)no1. The third-order valence-corrected chi connectivity index (χ3v) is 4.19. The normalized spacial score (nSPS) is 13.3. The minimum atomic E-state index is -0.321. The van der Waals surface area contributed by atoms with Crippen molar-refractivity contribution in [3.63, 3.8) is 0 Å². The van der Waals surface area contributed by atoms with Crippen LogP contribution in [0.1, 0.15) is 18.6 Å². The number of carbonyl (C=O) groups excluding carboxylic acids is 2. The van der Waals surface area contributed by atoms with Crippen LogP contribution in [-0.2, 0) is 9.59 Å². The van der Waals surface area contributed by atoms with Crippen molar-refractivity contribution < 1.29 is 18.8 Å². The third-order valence-electron chi connectivity index (χ3n) is 3.93. The van der Waals surface area contributed by atoms with Gasteiger partial charge in [0.05, 0.1) is 0 Å². The number of anilines is 1. The molecule has 0 aliphatic heterocycles. The number of nitrogens with zero attached hydrogens (tertiary/aromatic N) is 2. The molecule has 7 nitrogen and oxygen atoms in total. The molecule has 1 fully saturated rings. The van der Waals surface area contributed by atoms with Crippen LogP contribution < -0.4 is 10.1 Å². The van der Waals surface area contributed by atoms with Crippen molar-refractivity contribution in [2.24, 2.45) is 5.92 Å². The van der Waals surface area contributed by atoms with Crippen molar-refractivity contribution in [2.75, 3.05) is 25.0 Å². The van der Waals surface area contributed by atoms with Crippen LogP contribution in [0.5, 0.6) is 5.75 Å². The Bertz CT molecular complexity index is 771. The molecule has 26 heavy (non-hydrogen) atoms. The molecule has 0 bridgehead atoms. The zero-order valence-electron chi connectivity index (χ0n) is 14.4. The molecule has 0 spiro atoms. The van der Waals surface area contributed by atoms with Crippen molar-refractivity contribution >= 4 is 29.2 Å². The highest BCUT2D eigenvalue weighted by molar-refractivity contribution is 6.30. The highest BCUT2D eigenvalue weighted by Crippen LogP contribution is 2.29. The molecule has 1 aromatic carbocycles. The van der Waals surface area contributed by atoms with Gasteiger partial charge in [0.15, 0.2) is 12.4 Å². The third kappa shape index (κ3) is 5.49. The molecule has 8 heteroatoms. The average molecular weight is 378 g/mol. The van der Waals surface area contributed by atoms with E-state index in [4.69, 9.17) is 20.9 Å². The van der Waals surface area contributed by atoms with Gasteiger partial charge in [0, 0.05) is 17.6 Å². The lowest BCUT2D eigenvalue weighted by Gasteiger charge is -2.22. The fourth-order valence-electron chi connectivity index (χ4n) is 2.41. The number of aromatic nitrogens is 1. The maximum Gasteiger partial charge on any atom is 0.260 e. The van der Waals surface area contributed by atoms with Gasteiger partial charge in [-0.1, -0.05) is 16.8 Å². The fourth-order valence-corrected chi connectivity index (χ4v) is 2.54. The number of hydrogen-bond acceptors (Lipinski definition) is 5. The van der Waals surface area contributed by atoms with E-state index in [2.05, 4.69) is 10.5 Å². The van der Waals surface area contributed by atoms with Crippen LogP contribution in [0.3, 0.4) is 0 Å². The minimum Gasteiger partial charge on any atom is -0.484 e. The van der Waals surface area contributed by atoms with Gasteiger partial charge in [-0.25, -0.2) is 0 Å². The fraction of sp³-hybridized carbons (Fsp3) is 0.389. The van der Waals surface area contributed by atoms with E-state index < -0.39 is 0 Å². The zero-order chi connectivity index (χ0) is 18.5. The van der Waals surface area contributed by atoms with Gasteiger partial charge in [-0.3, -0.25) is 9.59 Å². The molecule has 0 saturated heterocycles. The van der Waals surface area contributed by atoms with Crippen LogP contribution >= 0.6 is 11.6 Å². The number of nitrogens with one attached hydrogen (secondary N) is 1. The van der Waals surface area contributed by atoms with Crippen LogP contribution in [0.15, 0.2) is 34.9 Å². The molecule has 2 amide bonds. The summed E-state index contributed by atoms with van der Waals surface area (Å²) >= 11 is 5.83. The summed E-state index contributed by atoms with van der Waals surface area (Å²) in [5, 5.41) is 6.94. The predicted octanol–water partition coefficient (Wildman–Crippen LogP) is 2.89. The van der Waals surface area contributed by atoms with E-state index in [1.165, 1.54) is 4.90 Å². The summed E-state index contributed by atoms with van der Waals surface area (Å²) in [5.41, 5.74) is 0. The van der Waals surface area contributed by atoms with Gasteiger partial charge in [0.2, 0.25) is 5.91 Å². The van der Waals surface area contributed by atoms with Gasteiger partial charge in [-0.15, -0.1) is 0 Å². The smallest absolute Gasteiger partial charge is 0.260 e. The van der Waals surface area contributed by atoms with Gasteiger partial charge >= 0.3 is 0 Å². The first kappa shape index (κ1) is 18.3. The maximum atomic E-state index is 12.5. The van der Waals surface area contributed by atoms with Crippen molar-refractivity contribution in [2.45, 2.75) is 19.8 Å². The summed E-state index contributed by atoms with van der Waals surface area (Å²) in [6.07, 6.45) is 2.15. The second kappa shape index (κ2) is 8.23. The summed E-state index contributed by atoms with van der Waals surface area (Å²) in [7, 11) is 0.